The number of aromatic nitrogens is 1. The zero-order chi connectivity index (χ0) is 14.8. The molecule has 1 rings (SSSR count). The molecule has 2 N–H and O–H groups in total. The lowest BCUT2D eigenvalue weighted by Crippen LogP contribution is -2.25. The Balaban J connectivity index is 2.59. The maximum absolute atomic E-state index is 12.1. The van der Waals surface area contributed by atoms with Gasteiger partial charge in [0.2, 0.25) is 0 Å². The summed E-state index contributed by atoms with van der Waals surface area (Å²) >= 11 is 0. The lowest BCUT2D eigenvalue weighted by atomic mass is 10.1. The topological polar surface area (TPSA) is 54.0 Å². The first-order chi connectivity index (χ1) is 9.71. The number of amides is 1. The minimum atomic E-state index is -0.00208. The van der Waals surface area contributed by atoms with E-state index in [1.807, 2.05) is 26.0 Å². The van der Waals surface area contributed by atoms with Gasteiger partial charge in [-0.1, -0.05) is 33.1 Å². The monoisotopic (exact) mass is 277 g/mol. The number of carbonyl (C=O) groups excluding carboxylic acids is 1. The van der Waals surface area contributed by atoms with Crippen LogP contribution >= 0.6 is 0 Å². The molecule has 0 saturated carbocycles. The summed E-state index contributed by atoms with van der Waals surface area (Å²) in [6, 6.07) is 3.70. The SMILES string of the molecule is CCCCCCNC(=O)c1cc(CC)nc(NCC)c1. The van der Waals surface area contributed by atoms with Crippen molar-refractivity contribution in [1.82, 2.24) is 10.3 Å². The molecule has 112 valence electrons. The molecule has 4 nitrogen and oxygen atoms in total. The van der Waals surface area contributed by atoms with Crippen LogP contribution in [0.5, 0.6) is 0 Å². The Labute approximate surface area is 122 Å². The van der Waals surface area contributed by atoms with Crippen LogP contribution in [0.3, 0.4) is 0 Å². The molecule has 20 heavy (non-hydrogen) atoms. The number of hydrogen-bond acceptors (Lipinski definition) is 3. The van der Waals surface area contributed by atoms with E-state index in [-0.39, 0.29) is 5.91 Å². The molecule has 0 fully saturated rings. The predicted octanol–water partition coefficient (Wildman–Crippen LogP) is 3.39. The molecule has 1 aromatic rings. The summed E-state index contributed by atoms with van der Waals surface area (Å²) in [5.74, 6) is 0.778. The lowest BCUT2D eigenvalue weighted by molar-refractivity contribution is 0.0952. The molecular weight excluding hydrogens is 250 g/mol. The summed E-state index contributed by atoms with van der Waals surface area (Å²) in [6.45, 7) is 7.81. The Morgan fingerprint density at radius 3 is 2.60 bits per heavy atom. The Kier molecular flexibility index (Phi) is 7.70. The Hall–Kier alpha value is -1.58. The van der Waals surface area contributed by atoms with Gasteiger partial charge in [-0.15, -0.1) is 0 Å². The molecule has 0 unspecified atom stereocenters. The summed E-state index contributed by atoms with van der Waals surface area (Å²) in [4.78, 5) is 16.6. The fourth-order valence-corrected chi connectivity index (χ4v) is 2.03. The van der Waals surface area contributed by atoms with Gasteiger partial charge in [-0.05, 0) is 31.9 Å². The number of rotatable bonds is 9. The average molecular weight is 277 g/mol. The molecule has 4 heteroatoms. The second-order valence-electron chi connectivity index (χ2n) is 4.93. The second kappa shape index (κ2) is 9.34. The zero-order valence-electron chi connectivity index (χ0n) is 13.0. The van der Waals surface area contributed by atoms with Gasteiger partial charge < -0.3 is 10.6 Å². The van der Waals surface area contributed by atoms with E-state index in [4.69, 9.17) is 0 Å². The number of hydrogen-bond donors (Lipinski definition) is 2. The van der Waals surface area contributed by atoms with Crippen LogP contribution in [0, 0.1) is 0 Å². The molecule has 1 amide bonds. The van der Waals surface area contributed by atoms with E-state index in [1.54, 1.807) is 0 Å². The smallest absolute Gasteiger partial charge is 0.251 e. The van der Waals surface area contributed by atoms with Crippen molar-refractivity contribution in [3.05, 3.63) is 23.4 Å². The first-order valence-electron chi connectivity index (χ1n) is 7.74. The highest BCUT2D eigenvalue weighted by Crippen LogP contribution is 2.11. The minimum absolute atomic E-state index is 0.00208. The lowest BCUT2D eigenvalue weighted by Gasteiger charge is -2.09. The van der Waals surface area contributed by atoms with Gasteiger partial charge in [0.25, 0.3) is 5.91 Å². The fourth-order valence-electron chi connectivity index (χ4n) is 2.03. The third-order valence-corrected chi connectivity index (χ3v) is 3.18. The van der Waals surface area contributed by atoms with Crippen LogP contribution in [0.2, 0.25) is 0 Å². The van der Waals surface area contributed by atoms with Gasteiger partial charge in [0.1, 0.15) is 5.82 Å². The first kappa shape index (κ1) is 16.5. The highest BCUT2D eigenvalue weighted by atomic mass is 16.1. The summed E-state index contributed by atoms with van der Waals surface area (Å²) in [6.07, 6.45) is 5.50. The third kappa shape index (κ3) is 5.59. The summed E-state index contributed by atoms with van der Waals surface area (Å²) in [5, 5.41) is 6.15. The molecule has 0 atom stereocenters. The minimum Gasteiger partial charge on any atom is -0.370 e. The predicted molar refractivity (Wildman–Crippen MR) is 84.3 cm³/mol. The Morgan fingerprint density at radius 2 is 1.95 bits per heavy atom. The molecular formula is C16H27N3O. The average Bonchev–Trinajstić information content (AvgIpc) is 2.46. The van der Waals surface area contributed by atoms with E-state index in [2.05, 4.69) is 22.5 Å². The molecule has 0 saturated heterocycles. The summed E-state index contributed by atoms with van der Waals surface area (Å²) in [5.41, 5.74) is 1.64. The van der Waals surface area contributed by atoms with Crippen LogP contribution in [0.1, 0.15) is 62.5 Å². The number of nitrogens with zero attached hydrogens (tertiary/aromatic N) is 1. The van der Waals surface area contributed by atoms with Gasteiger partial charge in [-0.2, -0.15) is 0 Å². The van der Waals surface area contributed by atoms with Gasteiger partial charge in [-0.3, -0.25) is 4.79 Å². The first-order valence-corrected chi connectivity index (χ1v) is 7.74. The second-order valence-corrected chi connectivity index (χ2v) is 4.93. The van der Waals surface area contributed by atoms with Crippen molar-refractivity contribution in [2.45, 2.75) is 52.9 Å². The van der Waals surface area contributed by atoms with E-state index >= 15 is 0 Å². The summed E-state index contributed by atoms with van der Waals surface area (Å²) in [7, 11) is 0. The van der Waals surface area contributed by atoms with Crippen molar-refractivity contribution >= 4 is 11.7 Å². The standard InChI is InChI=1S/C16H27N3O/c1-4-7-8-9-10-18-16(20)13-11-14(5-2)19-15(12-13)17-6-3/h11-12H,4-10H2,1-3H3,(H,17,19)(H,18,20). The van der Waals surface area contributed by atoms with Gasteiger partial charge in [-0.25, -0.2) is 4.98 Å². The molecule has 0 aliphatic rings. The Bertz CT molecular complexity index is 418. The third-order valence-electron chi connectivity index (χ3n) is 3.18. The van der Waals surface area contributed by atoms with Crippen LogP contribution in [-0.2, 0) is 6.42 Å². The number of anilines is 1. The highest BCUT2D eigenvalue weighted by Gasteiger charge is 2.08. The van der Waals surface area contributed by atoms with E-state index in [0.717, 1.165) is 37.4 Å². The molecule has 1 heterocycles. The van der Waals surface area contributed by atoms with E-state index in [0.29, 0.717) is 5.56 Å². The van der Waals surface area contributed by atoms with Crippen molar-refractivity contribution in [3.8, 4) is 0 Å². The maximum Gasteiger partial charge on any atom is 0.251 e. The van der Waals surface area contributed by atoms with Gasteiger partial charge in [0.15, 0.2) is 0 Å². The molecule has 1 aromatic heterocycles. The number of nitrogens with one attached hydrogen (secondary N) is 2. The van der Waals surface area contributed by atoms with E-state index in [9.17, 15) is 4.79 Å². The van der Waals surface area contributed by atoms with Crippen LogP contribution < -0.4 is 10.6 Å². The van der Waals surface area contributed by atoms with E-state index < -0.39 is 0 Å². The summed E-state index contributed by atoms with van der Waals surface area (Å²) < 4.78 is 0. The molecule has 0 aromatic carbocycles. The highest BCUT2D eigenvalue weighted by molar-refractivity contribution is 5.95. The van der Waals surface area contributed by atoms with Gasteiger partial charge >= 0.3 is 0 Å². The number of carbonyl (C=O) groups is 1. The van der Waals surface area contributed by atoms with Gasteiger partial charge in [0, 0.05) is 24.3 Å². The van der Waals surface area contributed by atoms with Crippen LogP contribution in [-0.4, -0.2) is 24.0 Å². The molecule has 0 radical (unpaired) electrons. The molecule has 0 aliphatic heterocycles. The zero-order valence-corrected chi connectivity index (χ0v) is 13.0. The van der Waals surface area contributed by atoms with E-state index in [1.165, 1.54) is 19.3 Å². The van der Waals surface area contributed by atoms with Crippen molar-refractivity contribution in [2.24, 2.45) is 0 Å². The Morgan fingerprint density at radius 1 is 1.15 bits per heavy atom. The quantitative estimate of drug-likeness (QED) is 0.680. The molecule has 0 spiro atoms. The number of unbranched alkanes of at least 4 members (excludes halogenated alkanes) is 3. The molecule has 0 aliphatic carbocycles. The fraction of sp³-hybridized carbons (Fsp3) is 0.625. The maximum atomic E-state index is 12.1. The normalized spacial score (nSPS) is 10.3. The largest absolute Gasteiger partial charge is 0.370 e. The molecule has 0 bridgehead atoms. The van der Waals surface area contributed by atoms with Crippen molar-refractivity contribution in [2.75, 3.05) is 18.4 Å². The van der Waals surface area contributed by atoms with Crippen LogP contribution in [0.15, 0.2) is 12.1 Å². The van der Waals surface area contributed by atoms with Crippen molar-refractivity contribution < 1.29 is 4.79 Å². The van der Waals surface area contributed by atoms with Crippen molar-refractivity contribution in [1.29, 1.82) is 0 Å². The van der Waals surface area contributed by atoms with Crippen LogP contribution in [0.4, 0.5) is 5.82 Å². The van der Waals surface area contributed by atoms with Gasteiger partial charge in [0.05, 0.1) is 0 Å². The number of pyridine rings is 1. The van der Waals surface area contributed by atoms with Crippen molar-refractivity contribution in [3.63, 3.8) is 0 Å². The van der Waals surface area contributed by atoms with Crippen LogP contribution in [0.25, 0.3) is 0 Å². The number of aryl methyl sites for hydroxylation is 1.